The maximum atomic E-state index is 6.04. The molecule has 1 aromatic rings. The summed E-state index contributed by atoms with van der Waals surface area (Å²) in [7, 11) is 0. The highest BCUT2D eigenvalue weighted by molar-refractivity contribution is 7.10. The van der Waals surface area contributed by atoms with Crippen LogP contribution in [-0.4, -0.2) is 19.7 Å². The van der Waals surface area contributed by atoms with Crippen LogP contribution in [0.4, 0.5) is 0 Å². The van der Waals surface area contributed by atoms with E-state index < -0.39 is 0 Å². The van der Waals surface area contributed by atoms with E-state index in [1.54, 1.807) is 0 Å². The number of ether oxygens (including phenoxy) is 1. The highest BCUT2D eigenvalue weighted by atomic mass is 32.1. The minimum atomic E-state index is 0.318. The van der Waals surface area contributed by atoms with Crippen molar-refractivity contribution in [1.82, 2.24) is 5.32 Å². The van der Waals surface area contributed by atoms with Gasteiger partial charge in [0.1, 0.15) is 0 Å². The Balaban J connectivity index is 1.96. The summed E-state index contributed by atoms with van der Waals surface area (Å²) in [6.45, 7) is 9.81. The van der Waals surface area contributed by atoms with Gasteiger partial charge in [0.25, 0.3) is 0 Å². The Kier molecular flexibility index (Phi) is 5.22. The predicted molar refractivity (Wildman–Crippen MR) is 78.2 cm³/mol. The first-order valence-corrected chi connectivity index (χ1v) is 7.92. The standard InChI is InChI=1S/C15H25NOS/c1-11(2)9-16-10-13-5-4-7-17-14(13)15-12(3)6-8-18-15/h6,8,11,13-14,16H,4-5,7,9-10H2,1-3H3. The summed E-state index contributed by atoms with van der Waals surface area (Å²) in [6.07, 6.45) is 2.81. The molecule has 2 rings (SSSR count). The molecule has 0 radical (unpaired) electrons. The SMILES string of the molecule is Cc1ccsc1C1OCCCC1CNCC(C)C. The first kappa shape index (κ1) is 14.0. The number of nitrogens with one attached hydrogen (secondary N) is 1. The van der Waals surface area contributed by atoms with Gasteiger partial charge in [-0.15, -0.1) is 11.3 Å². The minimum absolute atomic E-state index is 0.318. The van der Waals surface area contributed by atoms with Gasteiger partial charge in [-0.05, 0) is 49.2 Å². The molecule has 1 N–H and O–H groups in total. The van der Waals surface area contributed by atoms with Crippen molar-refractivity contribution in [1.29, 1.82) is 0 Å². The van der Waals surface area contributed by atoms with Crippen LogP contribution in [0, 0.1) is 18.8 Å². The Morgan fingerprint density at radius 1 is 1.50 bits per heavy atom. The van der Waals surface area contributed by atoms with E-state index in [-0.39, 0.29) is 0 Å². The molecule has 0 spiro atoms. The lowest BCUT2D eigenvalue weighted by Crippen LogP contribution is -2.33. The summed E-state index contributed by atoms with van der Waals surface area (Å²) in [6, 6.07) is 2.20. The van der Waals surface area contributed by atoms with Crippen molar-refractivity contribution in [3.63, 3.8) is 0 Å². The molecule has 0 aliphatic carbocycles. The zero-order valence-corrected chi connectivity index (χ0v) is 12.6. The van der Waals surface area contributed by atoms with Crippen molar-refractivity contribution in [2.45, 2.75) is 39.7 Å². The molecule has 0 amide bonds. The maximum absolute atomic E-state index is 6.04. The summed E-state index contributed by atoms with van der Waals surface area (Å²) in [5, 5.41) is 5.77. The first-order chi connectivity index (χ1) is 8.68. The Bertz CT molecular complexity index is 361. The fraction of sp³-hybridized carbons (Fsp3) is 0.733. The summed E-state index contributed by atoms with van der Waals surface area (Å²) < 4.78 is 6.04. The molecule has 0 aromatic carbocycles. The van der Waals surface area contributed by atoms with E-state index in [0.29, 0.717) is 12.0 Å². The van der Waals surface area contributed by atoms with Gasteiger partial charge >= 0.3 is 0 Å². The molecular weight excluding hydrogens is 242 g/mol. The quantitative estimate of drug-likeness (QED) is 0.877. The Labute approximate surface area is 115 Å². The van der Waals surface area contributed by atoms with Gasteiger partial charge < -0.3 is 10.1 Å². The van der Waals surface area contributed by atoms with Crippen LogP contribution in [-0.2, 0) is 4.74 Å². The van der Waals surface area contributed by atoms with Gasteiger partial charge in [-0.1, -0.05) is 13.8 Å². The maximum Gasteiger partial charge on any atom is 0.0959 e. The zero-order valence-electron chi connectivity index (χ0n) is 11.7. The molecule has 0 saturated carbocycles. The lowest BCUT2D eigenvalue weighted by Gasteiger charge is -2.32. The Morgan fingerprint density at radius 2 is 2.33 bits per heavy atom. The van der Waals surface area contributed by atoms with E-state index in [1.807, 2.05) is 11.3 Å². The molecule has 0 bridgehead atoms. The summed E-state index contributed by atoms with van der Waals surface area (Å²) in [5.74, 6) is 1.35. The average Bonchev–Trinajstić information content (AvgIpc) is 2.76. The van der Waals surface area contributed by atoms with Gasteiger partial charge in [-0.2, -0.15) is 0 Å². The van der Waals surface area contributed by atoms with E-state index in [1.165, 1.54) is 23.3 Å². The van der Waals surface area contributed by atoms with Crippen LogP contribution in [0.1, 0.15) is 43.2 Å². The van der Waals surface area contributed by atoms with E-state index in [2.05, 4.69) is 37.5 Å². The number of aryl methyl sites for hydroxylation is 1. The second-order valence-corrected chi connectivity index (χ2v) is 6.66. The number of hydrogen-bond acceptors (Lipinski definition) is 3. The van der Waals surface area contributed by atoms with E-state index >= 15 is 0 Å². The highest BCUT2D eigenvalue weighted by Gasteiger charge is 2.28. The lowest BCUT2D eigenvalue weighted by atomic mass is 9.92. The van der Waals surface area contributed by atoms with Crippen LogP contribution in [0.25, 0.3) is 0 Å². The third-order valence-corrected chi connectivity index (χ3v) is 4.64. The molecule has 102 valence electrons. The number of thiophene rings is 1. The van der Waals surface area contributed by atoms with E-state index in [9.17, 15) is 0 Å². The second kappa shape index (κ2) is 6.69. The first-order valence-electron chi connectivity index (χ1n) is 7.04. The minimum Gasteiger partial charge on any atom is -0.372 e. The Hall–Kier alpha value is -0.380. The summed E-state index contributed by atoms with van der Waals surface area (Å²) in [4.78, 5) is 1.44. The van der Waals surface area contributed by atoms with Crippen LogP contribution >= 0.6 is 11.3 Å². The average molecular weight is 267 g/mol. The topological polar surface area (TPSA) is 21.3 Å². The third kappa shape index (κ3) is 3.56. The normalized spacial score (nSPS) is 24.7. The number of hydrogen-bond donors (Lipinski definition) is 1. The largest absolute Gasteiger partial charge is 0.372 e. The van der Waals surface area contributed by atoms with Gasteiger partial charge in [-0.25, -0.2) is 0 Å². The molecule has 1 aromatic heterocycles. The molecule has 18 heavy (non-hydrogen) atoms. The Morgan fingerprint density at radius 3 is 3.00 bits per heavy atom. The van der Waals surface area contributed by atoms with Gasteiger partial charge in [0.2, 0.25) is 0 Å². The predicted octanol–water partition coefficient (Wildman–Crippen LogP) is 3.77. The molecule has 1 saturated heterocycles. The molecule has 2 heterocycles. The molecule has 2 nitrogen and oxygen atoms in total. The van der Waals surface area contributed by atoms with E-state index in [0.717, 1.165) is 25.6 Å². The zero-order chi connectivity index (χ0) is 13.0. The van der Waals surface area contributed by atoms with Gasteiger partial charge in [0.15, 0.2) is 0 Å². The highest BCUT2D eigenvalue weighted by Crippen LogP contribution is 2.37. The van der Waals surface area contributed by atoms with Crippen molar-refractivity contribution in [2.24, 2.45) is 11.8 Å². The van der Waals surface area contributed by atoms with Crippen molar-refractivity contribution < 1.29 is 4.74 Å². The van der Waals surface area contributed by atoms with Gasteiger partial charge in [0.05, 0.1) is 6.10 Å². The fourth-order valence-corrected chi connectivity index (χ4v) is 3.64. The van der Waals surface area contributed by atoms with Gasteiger partial charge in [0, 0.05) is 23.9 Å². The molecule has 2 unspecified atom stereocenters. The van der Waals surface area contributed by atoms with Crippen molar-refractivity contribution in [3.05, 3.63) is 21.9 Å². The summed E-state index contributed by atoms with van der Waals surface area (Å²) >= 11 is 1.85. The molecular formula is C15H25NOS. The van der Waals surface area contributed by atoms with Crippen molar-refractivity contribution >= 4 is 11.3 Å². The number of rotatable bonds is 5. The van der Waals surface area contributed by atoms with Crippen molar-refractivity contribution in [3.8, 4) is 0 Å². The molecule has 1 fully saturated rings. The van der Waals surface area contributed by atoms with Crippen LogP contribution in [0.2, 0.25) is 0 Å². The summed E-state index contributed by atoms with van der Waals surface area (Å²) in [5.41, 5.74) is 1.39. The third-order valence-electron chi connectivity index (χ3n) is 3.56. The molecule has 1 aliphatic heterocycles. The molecule has 3 heteroatoms. The van der Waals surface area contributed by atoms with Crippen LogP contribution < -0.4 is 5.32 Å². The monoisotopic (exact) mass is 267 g/mol. The van der Waals surface area contributed by atoms with Crippen LogP contribution in [0.15, 0.2) is 11.4 Å². The van der Waals surface area contributed by atoms with Crippen LogP contribution in [0.3, 0.4) is 0 Å². The van der Waals surface area contributed by atoms with Crippen LogP contribution in [0.5, 0.6) is 0 Å². The van der Waals surface area contributed by atoms with Crippen molar-refractivity contribution in [2.75, 3.05) is 19.7 Å². The van der Waals surface area contributed by atoms with Gasteiger partial charge in [-0.3, -0.25) is 0 Å². The lowest BCUT2D eigenvalue weighted by molar-refractivity contribution is -0.0260. The smallest absolute Gasteiger partial charge is 0.0959 e. The fourth-order valence-electron chi connectivity index (χ4n) is 2.58. The molecule has 1 aliphatic rings. The molecule has 2 atom stereocenters. The second-order valence-electron chi connectivity index (χ2n) is 5.71. The van der Waals surface area contributed by atoms with E-state index in [4.69, 9.17) is 4.74 Å².